The summed E-state index contributed by atoms with van der Waals surface area (Å²) in [7, 11) is 1.51. The molecule has 0 spiro atoms. The van der Waals surface area contributed by atoms with Crippen molar-refractivity contribution < 1.29 is 13.9 Å². The van der Waals surface area contributed by atoms with Crippen molar-refractivity contribution in [2.45, 2.75) is 6.54 Å². The van der Waals surface area contributed by atoms with Crippen LogP contribution in [0.15, 0.2) is 35.1 Å². The van der Waals surface area contributed by atoms with Crippen LogP contribution >= 0.6 is 0 Å². The van der Waals surface area contributed by atoms with Crippen molar-refractivity contribution in [2.24, 2.45) is 0 Å². The van der Waals surface area contributed by atoms with Crippen molar-refractivity contribution in [2.75, 3.05) is 13.7 Å². The fourth-order valence-electron chi connectivity index (χ4n) is 1.74. The molecule has 0 amide bonds. The lowest BCUT2D eigenvalue weighted by molar-refractivity contribution is 0.112. The molecule has 0 N–H and O–H groups in total. The first-order valence-electron chi connectivity index (χ1n) is 5.98. The first kappa shape index (κ1) is 14.1. The van der Waals surface area contributed by atoms with Gasteiger partial charge in [-0.15, -0.1) is 0 Å². The van der Waals surface area contributed by atoms with Gasteiger partial charge in [-0.2, -0.15) is 5.10 Å². The number of ether oxygens (including phenoxy) is 1. The fraction of sp³-hybridized carbons (Fsp3) is 0.214. The Morgan fingerprint density at radius 3 is 2.65 bits per heavy atom. The van der Waals surface area contributed by atoms with Gasteiger partial charge in [0.15, 0.2) is 6.29 Å². The number of halogens is 1. The fourth-order valence-corrected chi connectivity index (χ4v) is 1.74. The Morgan fingerprint density at radius 1 is 1.35 bits per heavy atom. The molecule has 1 heterocycles. The molecule has 0 fully saturated rings. The number of methoxy groups -OCH3 is 1. The SMILES string of the molecule is COCCn1nc(-c2ccc(F)cc2)cc(C=O)c1=O. The van der Waals surface area contributed by atoms with Gasteiger partial charge in [-0.1, -0.05) is 0 Å². The van der Waals surface area contributed by atoms with Crippen LogP contribution in [-0.2, 0) is 11.3 Å². The molecule has 0 atom stereocenters. The molecule has 104 valence electrons. The molecule has 0 bridgehead atoms. The van der Waals surface area contributed by atoms with Crippen LogP contribution < -0.4 is 5.56 Å². The minimum absolute atomic E-state index is 0.00966. The quantitative estimate of drug-likeness (QED) is 0.777. The molecule has 0 radical (unpaired) electrons. The third-order valence-corrected chi connectivity index (χ3v) is 2.78. The molecule has 2 rings (SSSR count). The Bertz CT molecular complexity index is 665. The largest absolute Gasteiger partial charge is 0.383 e. The summed E-state index contributed by atoms with van der Waals surface area (Å²) in [6.07, 6.45) is 0.486. The number of carbonyl (C=O) groups excluding carboxylic acids is 1. The van der Waals surface area contributed by atoms with Gasteiger partial charge in [0.1, 0.15) is 5.82 Å². The van der Waals surface area contributed by atoms with Gasteiger partial charge in [-0.25, -0.2) is 9.07 Å². The Morgan fingerprint density at radius 2 is 2.05 bits per heavy atom. The van der Waals surface area contributed by atoms with E-state index in [-0.39, 0.29) is 17.9 Å². The summed E-state index contributed by atoms with van der Waals surface area (Å²) >= 11 is 0. The van der Waals surface area contributed by atoms with Crippen LogP contribution in [-0.4, -0.2) is 29.8 Å². The number of nitrogens with zero attached hydrogens (tertiary/aromatic N) is 2. The normalized spacial score (nSPS) is 10.5. The van der Waals surface area contributed by atoms with Gasteiger partial charge in [0.25, 0.3) is 5.56 Å². The predicted octanol–water partition coefficient (Wildman–Crippen LogP) is 1.51. The number of hydrogen-bond donors (Lipinski definition) is 0. The average molecular weight is 276 g/mol. The molecule has 5 nitrogen and oxygen atoms in total. The molecular weight excluding hydrogens is 263 g/mol. The molecule has 0 saturated carbocycles. The second kappa shape index (κ2) is 6.21. The highest BCUT2D eigenvalue weighted by molar-refractivity contribution is 5.76. The van der Waals surface area contributed by atoms with Crippen molar-refractivity contribution in [3.63, 3.8) is 0 Å². The smallest absolute Gasteiger partial charge is 0.277 e. The van der Waals surface area contributed by atoms with Crippen molar-refractivity contribution in [1.29, 1.82) is 0 Å². The summed E-state index contributed by atoms with van der Waals surface area (Å²) < 4.78 is 19.0. The standard InChI is InChI=1S/C14H13FN2O3/c1-20-7-6-17-14(19)11(9-18)8-13(16-17)10-2-4-12(15)5-3-10/h2-5,8-9H,6-7H2,1H3. The van der Waals surface area contributed by atoms with Crippen LogP contribution in [0.3, 0.4) is 0 Å². The number of benzene rings is 1. The summed E-state index contributed by atoms with van der Waals surface area (Å²) in [5.74, 6) is -0.364. The predicted molar refractivity (Wildman–Crippen MR) is 71.2 cm³/mol. The summed E-state index contributed by atoms with van der Waals surface area (Å²) in [6, 6.07) is 7.06. The van der Waals surface area contributed by atoms with Crippen molar-refractivity contribution in [1.82, 2.24) is 9.78 Å². The van der Waals surface area contributed by atoms with Gasteiger partial charge in [-0.3, -0.25) is 9.59 Å². The van der Waals surface area contributed by atoms with Crippen LogP contribution in [0.5, 0.6) is 0 Å². The van der Waals surface area contributed by atoms with E-state index in [1.165, 1.54) is 42.1 Å². The molecule has 20 heavy (non-hydrogen) atoms. The highest BCUT2D eigenvalue weighted by Crippen LogP contribution is 2.16. The van der Waals surface area contributed by atoms with E-state index in [0.717, 1.165) is 0 Å². The maximum atomic E-state index is 12.9. The van der Waals surface area contributed by atoms with Gasteiger partial charge >= 0.3 is 0 Å². The molecule has 1 aromatic carbocycles. The van der Waals surface area contributed by atoms with Crippen LogP contribution in [0, 0.1) is 5.82 Å². The zero-order valence-electron chi connectivity index (χ0n) is 10.9. The molecule has 0 saturated heterocycles. The van der Waals surface area contributed by atoms with E-state index in [1.54, 1.807) is 0 Å². The molecule has 0 aliphatic carbocycles. The van der Waals surface area contributed by atoms with Gasteiger partial charge in [0, 0.05) is 12.7 Å². The van der Waals surface area contributed by atoms with Gasteiger partial charge < -0.3 is 4.74 Å². The number of carbonyl (C=O) groups is 1. The maximum Gasteiger partial charge on any atom is 0.277 e. The highest BCUT2D eigenvalue weighted by Gasteiger charge is 2.09. The summed E-state index contributed by atoms with van der Waals surface area (Å²) in [4.78, 5) is 22.9. The van der Waals surface area contributed by atoms with E-state index in [0.29, 0.717) is 24.2 Å². The maximum absolute atomic E-state index is 12.9. The van der Waals surface area contributed by atoms with E-state index >= 15 is 0 Å². The average Bonchev–Trinajstić information content (AvgIpc) is 2.47. The molecule has 0 aliphatic rings. The van der Waals surface area contributed by atoms with Crippen LogP contribution in [0.2, 0.25) is 0 Å². The van der Waals surface area contributed by atoms with Crippen LogP contribution in [0.4, 0.5) is 4.39 Å². The topological polar surface area (TPSA) is 61.2 Å². The van der Waals surface area contributed by atoms with E-state index in [1.807, 2.05) is 0 Å². The number of rotatable bonds is 5. The Labute approximate surface area is 114 Å². The third kappa shape index (κ3) is 2.97. The number of aldehydes is 1. The van der Waals surface area contributed by atoms with Crippen LogP contribution in [0.25, 0.3) is 11.3 Å². The molecule has 2 aromatic rings. The molecular formula is C14H13FN2O3. The zero-order valence-corrected chi connectivity index (χ0v) is 10.9. The lowest BCUT2D eigenvalue weighted by atomic mass is 10.1. The Hall–Kier alpha value is -2.34. The van der Waals surface area contributed by atoms with Crippen molar-refractivity contribution >= 4 is 6.29 Å². The lowest BCUT2D eigenvalue weighted by Gasteiger charge is -2.08. The van der Waals surface area contributed by atoms with E-state index < -0.39 is 5.56 Å². The van der Waals surface area contributed by atoms with E-state index in [4.69, 9.17) is 4.74 Å². The van der Waals surface area contributed by atoms with Gasteiger partial charge in [0.05, 0.1) is 24.4 Å². The highest BCUT2D eigenvalue weighted by atomic mass is 19.1. The summed E-state index contributed by atoms with van der Waals surface area (Å²) in [5, 5.41) is 4.16. The number of aromatic nitrogens is 2. The molecule has 0 unspecified atom stereocenters. The molecule has 1 aromatic heterocycles. The molecule has 0 aliphatic heterocycles. The first-order chi connectivity index (χ1) is 9.65. The summed E-state index contributed by atoms with van der Waals surface area (Å²) in [6.45, 7) is 0.545. The third-order valence-electron chi connectivity index (χ3n) is 2.78. The zero-order chi connectivity index (χ0) is 14.5. The van der Waals surface area contributed by atoms with Crippen molar-refractivity contribution in [3.05, 3.63) is 52.1 Å². The molecule has 6 heteroatoms. The first-order valence-corrected chi connectivity index (χ1v) is 5.98. The monoisotopic (exact) mass is 276 g/mol. The Balaban J connectivity index is 2.50. The van der Waals surface area contributed by atoms with Gasteiger partial charge in [0.2, 0.25) is 0 Å². The minimum atomic E-state index is -0.470. The second-order valence-corrected chi connectivity index (χ2v) is 4.13. The second-order valence-electron chi connectivity index (χ2n) is 4.13. The van der Waals surface area contributed by atoms with Crippen LogP contribution in [0.1, 0.15) is 10.4 Å². The number of hydrogen-bond acceptors (Lipinski definition) is 4. The Kier molecular flexibility index (Phi) is 4.37. The lowest BCUT2D eigenvalue weighted by Crippen LogP contribution is -2.28. The van der Waals surface area contributed by atoms with Gasteiger partial charge in [-0.05, 0) is 30.3 Å². The van der Waals surface area contributed by atoms with E-state index in [2.05, 4.69) is 5.10 Å². The van der Waals surface area contributed by atoms with Crippen molar-refractivity contribution in [3.8, 4) is 11.3 Å². The summed E-state index contributed by atoms with van der Waals surface area (Å²) in [5.41, 5.74) is 0.599. The minimum Gasteiger partial charge on any atom is -0.383 e. The van der Waals surface area contributed by atoms with E-state index in [9.17, 15) is 14.0 Å².